The summed E-state index contributed by atoms with van der Waals surface area (Å²) in [7, 11) is 0. The molecular weight excluding hydrogens is 452 g/mol. The van der Waals surface area contributed by atoms with Crippen molar-refractivity contribution in [3.05, 3.63) is 53.5 Å². The SMILES string of the molecule is CCOC(=O)C(c1cccnc1C1CCC1)N1CC[C@@H](OCCCCC2CCc3cccnc3N2)C1. The number of fused-ring (bicyclic) bond motifs is 1. The van der Waals surface area contributed by atoms with Crippen LogP contribution >= 0.6 is 0 Å². The van der Waals surface area contributed by atoms with E-state index in [0.29, 0.717) is 18.6 Å². The van der Waals surface area contributed by atoms with Gasteiger partial charge in [-0.05, 0) is 76.0 Å². The topological polar surface area (TPSA) is 76.6 Å². The van der Waals surface area contributed by atoms with Crippen molar-refractivity contribution in [2.75, 3.05) is 31.6 Å². The van der Waals surface area contributed by atoms with Gasteiger partial charge in [0.05, 0.1) is 12.7 Å². The minimum Gasteiger partial charge on any atom is -0.465 e. The van der Waals surface area contributed by atoms with Crippen LogP contribution < -0.4 is 5.32 Å². The first-order chi connectivity index (χ1) is 17.7. The van der Waals surface area contributed by atoms with Crippen molar-refractivity contribution < 1.29 is 14.3 Å². The summed E-state index contributed by atoms with van der Waals surface area (Å²) in [6.45, 7) is 4.63. The van der Waals surface area contributed by atoms with Gasteiger partial charge in [0.2, 0.25) is 0 Å². The second-order valence-electron chi connectivity index (χ2n) is 10.4. The molecule has 7 heteroatoms. The number of pyridine rings is 2. The smallest absolute Gasteiger partial charge is 0.328 e. The lowest BCUT2D eigenvalue weighted by molar-refractivity contribution is -0.149. The van der Waals surface area contributed by atoms with Crippen LogP contribution in [-0.4, -0.2) is 59.3 Å². The van der Waals surface area contributed by atoms with Crippen LogP contribution in [0.2, 0.25) is 0 Å². The quantitative estimate of drug-likeness (QED) is 0.348. The first kappa shape index (κ1) is 25.2. The lowest BCUT2D eigenvalue weighted by Gasteiger charge is -2.32. The van der Waals surface area contributed by atoms with E-state index >= 15 is 0 Å². The highest BCUT2D eigenvalue weighted by atomic mass is 16.5. The molecule has 0 radical (unpaired) electrons. The molecule has 0 amide bonds. The van der Waals surface area contributed by atoms with Gasteiger partial charge >= 0.3 is 5.97 Å². The molecule has 2 aromatic rings. The Hall–Kier alpha value is -2.51. The molecule has 2 fully saturated rings. The Morgan fingerprint density at radius 2 is 2.00 bits per heavy atom. The molecule has 5 rings (SSSR count). The number of likely N-dealkylation sites (tertiary alicyclic amines) is 1. The molecular formula is C29H40N4O3. The van der Waals surface area contributed by atoms with Crippen molar-refractivity contribution in [2.45, 2.75) is 88.8 Å². The molecule has 2 unspecified atom stereocenters. The molecule has 2 aliphatic heterocycles. The van der Waals surface area contributed by atoms with Gasteiger partial charge in [0.15, 0.2) is 0 Å². The van der Waals surface area contributed by atoms with Crippen LogP contribution in [0.3, 0.4) is 0 Å². The zero-order valence-electron chi connectivity index (χ0n) is 21.5. The predicted octanol–water partition coefficient (Wildman–Crippen LogP) is 5.04. The van der Waals surface area contributed by atoms with Crippen LogP contribution in [0.1, 0.15) is 87.1 Å². The fraction of sp³-hybridized carbons (Fsp3) is 0.621. The van der Waals surface area contributed by atoms with Gasteiger partial charge in [-0.1, -0.05) is 18.6 Å². The molecule has 1 saturated heterocycles. The molecule has 3 atom stereocenters. The number of carbonyl (C=O) groups excluding carboxylic acids is 1. The Labute approximate surface area is 215 Å². The molecule has 1 aliphatic carbocycles. The highest BCUT2D eigenvalue weighted by Crippen LogP contribution is 2.40. The van der Waals surface area contributed by atoms with Gasteiger partial charge in [0.25, 0.3) is 0 Å². The largest absolute Gasteiger partial charge is 0.465 e. The number of esters is 1. The number of unbranched alkanes of at least 4 members (excludes halogenated alkanes) is 1. The molecule has 0 aromatic carbocycles. The van der Waals surface area contributed by atoms with Crippen molar-refractivity contribution in [2.24, 2.45) is 0 Å². The van der Waals surface area contributed by atoms with E-state index in [0.717, 1.165) is 81.7 Å². The zero-order valence-corrected chi connectivity index (χ0v) is 21.5. The lowest BCUT2D eigenvalue weighted by atomic mass is 9.80. The maximum Gasteiger partial charge on any atom is 0.328 e. The van der Waals surface area contributed by atoms with Crippen LogP contribution in [0.25, 0.3) is 0 Å². The van der Waals surface area contributed by atoms with Crippen LogP contribution in [0.5, 0.6) is 0 Å². The van der Waals surface area contributed by atoms with Gasteiger partial charge in [-0.3, -0.25) is 9.88 Å². The third kappa shape index (κ3) is 5.89. The maximum atomic E-state index is 13.1. The van der Waals surface area contributed by atoms with Crippen LogP contribution in [-0.2, 0) is 20.7 Å². The number of ether oxygens (including phenoxy) is 2. The monoisotopic (exact) mass is 492 g/mol. The summed E-state index contributed by atoms with van der Waals surface area (Å²) in [5.41, 5.74) is 3.44. The van der Waals surface area contributed by atoms with E-state index in [9.17, 15) is 4.79 Å². The van der Waals surface area contributed by atoms with E-state index in [1.54, 1.807) is 0 Å². The van der Waals surface area contributed by atoms with E-state index in [-0.39, 0.29) is 12.1 Å². The summed E-state index contributed by atoms with van der Waals surface area (Å²) >= 11 is 0. The summed E-state index contributed by atoms with van der Waals surface area (Å²) in [6.07, 6.45) is 14.0. The summed E-state index contributed by atoms with van der Waals surface area (Å²) in [5, 5.41) is 3.60. The van der Waals surface area contributed by atoms with E-state index < -0.39 is 6.04 Å². The molecule has 1 N–H and O–H groups in total. The van der Waals surface area contributed by atoms with Crippen LogP contribution in [0.4, 0.5) is 5.82 Å². The predicted molar refractivity (Wildman–Crippen MR) is 140 cm³/mol. The van der Waals surface area contributed by atoms with Gasteiger partial charge in [0, 0.05) is 55.3 Å². The summed E-state index contributed by atoms with van der Waals surface area (Å²) in [4.78, 5) is 24.5. The molecule has 1 saturated carbocycles. The van der Waals surface area contributed by atoms with Crippen LogP contribution in [0.15, 0.2) is 36.7 Å². The fourth-order valence-corrected chi connectivity index (χ4v) is 5.83. The average molecular weight is 493 g/mol. The summed E-state index contributed by atoms with van der Waals surface area (Å²) in [5.74, 6) is 1.36. The first-order valence-corrected chi connectivity index (χ1v) is 13.9. The first-order valence-electron chi connectivity index (χ1n) is 13.9. The second kappa shape index (κ2) is 12.2. The van der Waals surface area contributed by atoms with Crippen molar-refractivity contribution in [1.29, 1.82) is 0 Å². The van der Waals surface area contributed by atoms with E-state index in [4.69, 9.17) is 14.5 Å². The van der Waals surface area contributed by atoms with Gasteiger partial charge < -0.3 is 14.8 Å². The number of hydrogen-bond donors (Lipinski definition) is 1. The maximum absolute atomic E-state index is 13.1. The number of anilines is 1. The van der Waals surface area contributed by atoms with E-state index in [1.807, 2.05) is 31.5 Å². The standard InChI is InChI=1S/C29H40N4O3/c1-2-35-29(34)27(25-12-7-16-30-26(25)21-8-5-9-21)33-18-15-24(20-33)36-19-4-3-11-23-14-13-22-10-6-17-31-28(22)32-23/h6-7,10,12,16-17,21,23-24,27H,2-5,8-9,11,13-15,18-20H2,1H3,(H,31,32)/t23?,24-,27?/m1/s1. The molecule has 0 bridgehead atoms. The Morgan fingerprint density at radius 3 is 2.83 bits per heavy atom. The molecule has 7 nitrogen and oxygen atoms in total. The Bertz CT molecular complexity index is 1010. The lowest BCUT2D eigenvalue weighted by Crippen LogP contribution is -2.36. The van der Waals surface area contributed by atoms with Crippen molar-refractivity contribution >= 4 is 11.8 Å². The number of carbonyl (C=O) groups is 1. The highest BCUT2D eigenvalue weighted by Gasteiger charge is 2.38. The second-order valence-corrected chi connectivity index (χ2v) is 10.4. The molecule has 2 aromatic heterocycles. The van der Waals surface area contributed by atoms with Gasteiger partial charge in [-0.2, -0.15) is 0 Å². The van der Waals surface area contributed by atoms with Crippen molar-refractivity contribution in [3.8, 4) is 0 Å². The normalized spacial score (nSPS) is 22.9. The van der Waals surface area contributed by atoms with Crippen molar-refractivity contribution in [1.82, 2.24) is 14.9 Å². The summed E-state index contributed by atoms with van der Waals surface area (Å²) in [6, 6.07) is 8.31. The molecule has 4 heterocycles. The number of nitrogens with one attached hydrogen (secondary N) is 1. The third-order valence-electron chi connectivity index (χ3n) is 8.00. The number of aromatic nitrogens is 2. The Balaban J connectivity index is 1.10. The minimum absolute atomic E-state index is 0.162. The van der Waals surface area contributed by atoms with Gasteiger partial charge in [0.1, 0.15) is 11.9 Å². The molecule has 36 heavy (non-hydrogen) atoms. The fourth-order valence-electron chi connectivity index (χ4n) is 5.83. The Morgan fingerprint density at radius 1 is 1.14 bits per heavy atom. The van der Waals surface area contributed by atoms with Crippen LogP contribution in [0, 0.1) is 0 Å². The molecule has 0 spiro atoms. The average Bonchev–Trinajstić information content (AvgIpc) is 3.32. The zero-order chi connectivity index (χ0) is 24.7. The van der Waals surface area contributed by atoms with E-state index in [2.05, 4.69) is 27.3 Å². The van der Waals surface area contributed by atoms with Crippen molar-refractivity contribution in [3.63, 3.8) is 0 Å². The Kier molecular flexibility index (Phi) is 8.49. The number of nitrogens with zero attached hydrogens (tertiary/aromatic N) is 3. The number of hydrogen-bond acceptors (Lipinski definition) is 7. The highest BCUT2D eigenvalue weighted by molar-refractivity contribution is 5.78. The van der Waals surface area contributed by atoms with Gasteiger partial charge in [-0.15, -0.1) is 0 Å². The minimum atomic E-state index is -0.392. The number of rotatable bonds is 11. The van der Waals surface area contributed by atoms with Gasteiger partial charge in [-0.25, -0.2) is 9.78 Å². The molecule has 194 valence electrons. The van der Waals surface area contributed by atoms with E-state index in [1.165, 1.54) is 18.4 Å². The third-order valence-corrected chi connectivity index (χ3v) is 8.00. The number of aryl methyl sites for hydroxylation is 1. The summed E-state index contributed by atoms with van der Waals surface area (Å²) < 4.78 is 11.8. The molecule has 3 aliphatic rings.